The number of carbonyl (C=O) groups is 1. The topological polar surface area (TPSA) is 52.1 Å². The summed E-state index contributed by atoms with van der Waals surface area (Å²) in [5.74, 6) is -0.0186. The molecule has 3 aromatic rings. The summed E-state index contributed by atoms with van der Waals surface area (Å²) in [5, 5.41) is 3.93. The number of aromatic nitrogens is 2. The van der Waals surface area contributed by atoms with Crippen molar-refractivity contribution < 1.29 is 9.53 Å². The second-order valence-corrected chi connectivity index (χ2v) is 6.99. The summed E-state index contributed by atoms with van der Waals surface area (Å²) in [6, 6.07) is 6.42. The molecule has 1 aromatic carbocycles. The first-order chi connectivity index (χ1) is 11.1. The highest BCUT2D eigenvalue weighted by atomic mass is 32.2. The first-order valence-corrected chi connectivity index (χ1v) is 8.96. The van der Waals surface area contributed by atoms with E-state index in [-0.39, 0.29) is 11.7 Å². The van der Waals surface area contributed by atoms with Crippen LogP contribution in [0, 0.1) is 13.8 Å². The summed E-state index contributed by atoms with van der Waals surface area (Å²) >= 11 is 2.98. The van der Waals surface area contributed by atoms with Gasteiger partial charge in [0.15, 0.2) is 0 Å². The Hall–Kier alpha value is -1.92. The van der Waals surface area contributed by atoms with Gasteiger partial charge in [0.2, 0.25) is 0 Å². The highest BCUT2D eigenvalue weighted by Gasteiger charge is 2.15. The van der Waals surface area contributed by atoms with Gasteiger partial charge in [0, 0.05) is 10.9 Å². The van der Waals surface area contributed by atoms with Crippen molar-refractivity contribution in [1.82, 2.24) is 9.97 Å². The van der Waals surface area contributed by atoms with Crippen LogP contribution >= 0.6 is 23.1 Å². The largest absolute Gasteiger partial charge is 0.468 e. The number of thioether (sulfide) groups is 1. The van der Waals surface area contributed by atoms with Crippen molar-refractivity contribution in [1.29, 1.82) is 0 Å². The van der Waals surface area contributed by atoms with Gasteiger partial charge in [0.1, 0.15) is 16.2 Å². The minimum Gasteiger partial charge on any atom is -0.468 e. The molecule has 0 atom stereocenters. The lowest BCUT2D eigenvalue weighted by Gasteiger charge is -2.07. The summed E-state index contributed by atoms with van der Waals surface area (Å²) in [7, 11) is 1.39. The Balaban J connectivity index is 2.07. The fraction of sp³-hybridized carbons (Fsp3) is 0.235. The van der Waals surface area contributed by atoms with Gasteiger partial charge in [-0.25, -0.2) is 9.97 Å². The molecule has 3 rings (SSSR count). The summed E-state index contributed by atoms with van der Waals surface area (Å²) in [6.07, 6.45) is 1.54. The monoisotopic (exact) mass is 344 g/mol. The molecule has 0 aliphatic carbocycles. The molecule has 2 aromatic heterocycles. The quantitative estimate of drug-likeness (QED) is 0.402. The van der Waals surface area contributed by atoms with Crippen molar-refractivity contribution >= 4 is 39.3 Å². The van der Waals surface area contributed by atoms with Gasteiger partial charge in [-0.1, -0.05) is 30.0 Å². The minimum atomic E-state index is -0.260. The standard InChI is InChI=1S/C17H16N2O2S2/c1-10-4-5-12(6-11(10)2)13-7-22-16-15(13)17(19-9-18-16)23-8-14(20)21-3/h4-7,9H,8H2,1-3H3. The van der Waals surface area contributed by atoms with Crippen molar-refractivity contribution in [3.05, 3.63) is 41.0 Å². The third-order valence-electron chi connectivity index (χ3n) is 3.71. The lowest BCUT2D eigenvalue weighted by atomic mass is 10.0. The lowest BCUT2D eigenvalue weighted by Crippen LogP contribution is -2.03. The van der Waals surface area contributed by atoms with E-state index < -0.39 is 0 Å². The number of benzene rings is 1. The maximum Gasteiger partial charge on any atom is 0.316 e. The molecule has 0 radical (unpaired) electrons. The van der Waals surface area contributed by atoms with E-state index in [0.29, 0.717) is 0 Å². The molecule has 0 fully saturated rings. The van der Waals surface area contributed by atoms with Crippen LogP contribution in [0.4, 0.5) is 0 Å². The average molecular weight is 344 g/mol. The Morgan fingerprint density at radius 2 is 2.09 bits per heavy atom. The summed E-state index contributed by atoms with van der Waals surface area (Å²) in [6.45, 7) is 4.21. The van der Waals surface area contributed by atoms with E-state index in [9.17, 15) is 4.79 Å². The van der Waals surface area contributed by atoms with Crippen LogP contribution in [0.25, 0.3) is 21.3 Å². The zero-order chi connectivity index (χ0) is 16.4. The van der Waals surface area contributed by atoms with Gasteiger partial charge in [-0.3, -0.25) is 4.79 Å². The van der Waals surface area contributed by atoms with Crippen LogP contribution in [0.3, 0.4) is 0 Å². The Morgan fingerprint density at radius 1 is 1.26 bits per heavy atom. The predicted octanol–water partition coefficient (Wildman–Crippen LogP) is 4.24. The number of carbonyl (C=O) groups excluding carboxylic acids is 1. The van der Waals surface area contributed by atoms with Gasteiger partial charge < -0.3 is 4.74 Å². The molecule has 6 heteroatoms. The van der Waals surface area contributed by atoms with Crippen LogP contribution in [-0.4, -0.2) is 28.8 Å². The summed E-state index contributed by atoms with van der Waals surface area (Å²) in [4.78, 5) is 21.1. The van der Waals surface area contributed by atoms with Gasteiger partial charge in [-0.05, 0) is 30.5 Å². The molecule has 0 saturated heterocycles. The molecule has 23 heavy (non-hydrogen) atoms. The number of hydrogen-bond donors (Lipinski definition) is 0. The molecule has 0 unspecified atom stereocenters. The number of methoxy groups -OCH3 is 1. The maximum absolute atomic E-state index is 11.4. The van der Waals surface area contributed by atoms with Crippen molar-refractivity contribution in [3.8, 4) is 11.1 Å². The zero-order valence-corrected chi connectivity index (χ0v) is 14.8. The molecule has 0 aliphatic rings. The molecule has 0 bridgehead atoms. The highest BCUT2D eigenvalue weighted by molar-refractivity contribution is 8.00. The third kappa shape index (κ3) is 3.23. The molecular weight excluding hydrogens is 328 g/mol. The predicted molar refractivity (Wildman–Crippen MR) is 95.1 cm³/mol. The van der Waals surface area contributed by atoms with Crippen LogP contribution in [0.15, 0.2) is 34.9 Å². The van der Waals surface area contributed by atoms with Crippen molar-refractivity contribution in [3.63, 3.8) is 0 Å². The van der Waals surface area contributed by atoms with Gasteiger partial charge >= 0.3 is 5.97 Å². The summed E-state index contributed by atoms with van der Waals surface area (Å²) < 4.78 is 4.71. The maximum atomic E-state index is 11.4. The number of aryl methyl sites for hydroxylation is 2. The highest BCUT2D eigenvalue weighted by Crippen LogP contribution is 2.38. The number of rotatable bonds is 4. The molecule has 0 N–H and O–H groups in total. The Labute approximate surface area is 142 Å². The fourth-order valence-corrected chi connectivity index (χ4v) is 4.09. The second-order valence-electron chi connectivity index (χ2n) is 5.17. The third-order valence-corrected chi connectivity index (χ3v) is 5.56. The molecule has 0 amide bonds. The number of fused-ring (bicyclic) bond motifs is 1. The van der Waals surface area contributed by atoms with E-state index in [4.69, 9.17) is 4.74 Å². The van der Waals surface area contributed by atoms with Gasteiger partial charge in [-0.15, -0.1) is 11.3 Å². The van der Waals surface area contributed by atoms with Gasteiger partial charge in [0.05, 0.1) is 18.2 Å². The molecular formula is C17H16N2O2S2. The van der Waals surface area contributed by atoms with Crippen LogP contribution in [-0.2, 0) is 9.53 Å². The second kappa shape index (κ2) is 6.68. The van der Waals surface area contributed by atoms with Gasteiger partial charge in [0.25, 0.3) is 0 Å². The van der Waals surface area contributed by atoms with Crippen molar-refractivity contribution in [2.24, 2.45) is 0 Å². The van der Waals surface area contributed by atoms with Crippen LogP contribution in [0.1, 0.15) is 11.1 Å². The van der Waals surface area contributed by atoms with Crippen LogP contribution in [0.5, 0.6) is 0 Å². The van der Waals surface area contributed by atoms with E-state index in [0.717, 1.165) is 26.4 Å². The van der Waals surface area contributed by atoms with Crippen LogP contribution < -0.4 is 0 Å². The van der Waals surface area contributed by atoms with E-state index in [2.05, 4.69) is 47.4 Å². The smallest absolute Gasteiger partial charge is 0.316 e. The summed E-state index contributed by atoms with van der Waals surface area (Å²) in [5.41, 5.74) is 4.78. The van der Waals surface area contributed by atoms with E-state index in [1.165, 1.54) is 30.0 Å². The van der Waals surface area contributed by atoms with E-state index >= 15 is 0 Å². The van der Waals surface area contributed by atoms with E-state index in [1.54, 1.807) is 17.7 Å². The van der Waals surface area contributed by atoms with Crippen molar-refractivity contribution in [2.45, 2.75) is 18.9 Å². The average Bonchev–Trinajstić information content (AvgIpc) is 2.99. The number of hydrogen-bond acceptors (Lipinski definition) is 6. The number of esters is 1. The Kier molecular flexibility index (Phi) is 4.63. The normalized spacial score (nSPS) is 10.9. The molecule has 4 nitrogen and oxygen atoms in total. The number of ether oxygens (including phenoxy) is 1. The molecule has 0 spiro atoms. The first kappa shape index (κ1) is 16.0. The zero-order valence-electron chi connectivity index (χ0n) is 13.1. The minimum absolute atomic E-state index is 0.241. The Morgan fingerprint density at radius 3 is 2.83 bits per heavy atom. The van der Waals surface area contributed by atoms with E-state index in [1.807, 2.05) is 0 Å². The SMILES string of the molecule is COC(=O)CSc1ncnc2scc(-c3ccc(C)c(C)c3)c12. The number of thiophene rings is 1. The van der Waals surface area contributed by atoms with Gasteiger partial charge in [-0.2, -0.15) is 0 Å². The van der Waals surface area contributed by atoms with Crippen LogP contribution in [0.2, 0.25) is 0 Å². The van der Waals surface area contributed by atoms with Crippen molar-refractivity contribution in [2.75, 3.05) is 12.9 Å². The molecule has 0 aliphatic heterocycles. The molecule has 2 heterocycles. The molecule has 118 valence electrons. The lowest BCUT2D eigenvalue weighted by molar-refractivity contribution is -0.137. The fourth-order valence-electron chi connectivity index (χ4n) is 2.26. The molecule has 0 saturated carbocycles. The Bertz CT molecular complexity index is 874. The number of nitrogens with zero attached hydrogens (tertiary/aromatic N) is 2. The first-order valence-electron chi connectivity index (χ1n) is 7.09.